The van der Waals surface area contributed by atoms with Gasteiger partial charge in [0.05, 0.1) is 4.90 Å². The highest BCUT2D eigenvalue weighted by molar-refractivity contribution is 7.92. The van der Waals surface area contributed by atoms with Gasteiger partial charge in [0.1, 0.15) is 0 Å². The van der Waals surface area contributed by atoms with Crippen LogP contribution in [0.4, 0.5) is 5.69 Å². The maximum Gasteiger partial charge on any atom is 0.261 e. The lowest BCUT2D eigenvalue weighted by atomic mass is 10.1. The summed E-state index contributed by atoms with van der Waals surface area (Å²) in [5.41, 5.74) is 2.10. The first-order chi connectivity index (χ1) is 10.4. The second-order valence-electron chi connectivity index (χ2n) is 5.13. The summed E-state index contributed by atoms with van der Waals surface area (Å²) in [4.78, 5) is 11.4. The molecule has 5 heteroatoms. The summed E-state index contributed by atoms with van der Waals surface area (Å²) in [5, 5.41) is 0. The van der Waals surface area contributed by atoms with Gasteiger partial charge in [-0.05, 0) is 55.3 Å². The van der Waals surface area contributed by atoms with Crippen LogP contribution in [0.5, 0.6) is 0 Å². The first-order valence-electron chi connectivity index (χ1n) is 7.15. The number of sulfonamides is 1. The van der Waals surface area contributed by atoms with Gasteiger partial charge < -0.3 is 0 Å². The Balaban J connectivity index is 2.18. The quantitative estimate of drug-likeness (QED) is 0.827. The second kappa shape index (κ2) is 6.75. The van der Waals surface area contributed by atoms with Gasteiger partial charge in [-0.1, -0.05) is 25.5 Å². The van der Waals surface area contributed by atoms with Crippen LogP contribution >= 0.6 is 0 Å². The lowest BCUT2D eigenvalue weighted by Crippen LogP contribution is -2.13. The Bertz CT molecular complexity index is 747. The van der Waals surface area contributed by atoms with Crippen molar-refractivity contribution in [2.75, 3.05) is 4.72 Å². The number of hydrogen-bond donors (Lipinski definition) is 1. The van der Waals surface area contributed by atoms with Crippen LogP contribution in [0, 0.1) is 0 Å². The molecule has 0 fully saturated rings. The molecule has 0 aliphatic heterocycles. The van der Waals surface area contributed by atoms with Crippen LogP contribution in [0.3, 0.4) is 0 Å². The molecule has 0 spiro atoms. The zero-order chi connectivity index (χ0) is 16.2. The number of anilines is 1. The standard InChI is InChI=1S/C17H19NO3S/c1-3-4-14-5-11-17(12-6-14)22(20,21)18-16-9-7-15(8-10-16)13(2)19/h5-12,18H,3-4H2,1-2H3. The maximum absolute atomic E-state index is 12.3. The van der Waals surface area contributed by atoms with Gasteiger partial charge >= 0.3 is 0 Å². The van der Waals surface area contributed by atoms with E-state index in [1.54, 1.807) is 36.4 Å². The van der Waals surface area contributed by atoms with Gasteiger partial charge in [-0.3, -0.25) is 9.52 Å². The summed E-state index contributed by atoms with van der Waals surface area (Å²) in [5.74, 6) is -0.0547. The minimum atomic E-state index is -3.61. The molecule has 0 unspecified atom stereocenters. The number of carbonyl (C=O) groups excluding carboxylic acids is 1. The molecule has 0 radical (unpaired) electrons. The van der Waals surface area contributed by atoms with Gasteiger partial charge in [-0.2, -0.15) is 0 Å². The van der Waals surface area contributed by atoms with Crippen molar-refractivity contribution < 1.29 is 13.2 Å². The Morgan fingerprint density at radius 1 is 1.00 bits per heavy atom. The average molecular weight is 317 g/mol. The molecular weight excluding hydrogens is 298 g/mol. The number of hydrogen-bond acceptors (Lipinski definition) is 3. The van der Waals surface area contributed by atoms with E-state index >= 15 is 0 Å². The molecule has 0 saturated heterocycles. The summed E-state index contributed by atoms with van der Waals surface area (Å²) in [6.07, 6.45) is 1.95. The molecule has 0 aliphatic carbocycles. The van der Waals surface area contributed by atoms with Crippen LogP contribution in [-0.4, -0.2) is 14.2 Å². The number of aryl methyl sites for hydroxylation is 1. The highest BCUT2D eigenvalue weighted by Crippen LogP contribution is 2.18. The van der Waals surface area contributed by atoms with E-state index in [-0.39, 0.29) is 10.7 Å². The predicted octanol–water partition coefficient (Wildman–Crippen LogP) is 3.64. The van der Waals surface area contributed by atoms with Crippen molar-refractivity contribution in [1.29, 1.82) is 0 Å². The molecule has 0 heterocycles. The fourth-order valence-corrected chi connectivity index (χ4v) is 3.17. The van der Waals surface area contributed by atoms with Gasteiger partial charge in [0.2, 0.25) is 0 Å². The molecule has 0 amide bonds. The Morgan fingerprint density at radius 2 is 1.59 bits per heavy atom. The van der Waals surface area contributed by atoms with Crippen molar-refractivity contribution in [2.45, 2.75) is 31.6 Å². The van der Waals surface area contributed by atoms with Gasteiger partial charge in [0.15, 0.2) is 5.78 Å². The SMILES string of the molecule is CCCc1ccc(S(=O)(=O)Nc2ccc(C(C)=O)cc2)cc1. The van der Waals surface area contributed by atoms with Crippen LogP contribution < -0.4 is 4.72 Å². The van der Waals surface area contributed by atoms with E-state index in [1.165, 1.54) is 6.92 Å². The first-order valence-corrected chi connectivity index (χ1v) is 8.63. The molecule has 0 atom stereocenters. The van der Waals surface area contributed by atoms with E-state index in [9.17, 15) is 13.2 Å². The van der Waals surface area contributed by atoms with E-state index in [0.717, 1.165) is 18.4 Å². The molecule has 0 bridgehead atoms. The number of carbonyl (C=O) groups is 1. The third-order valence-corrected chi connectivity index (χ3v) is 4.71. The van der Waals surface area contributed by atoms with Gasteiger partial charge in [0.25, 0.3) is 10.0 Å². The summed E-state index contributed by atoms with van der Waals surface area (Å²) in [7, 11) is -3.61. The molecule has 2 rings (SSSR count). The summed E-state index contributed by atoms with van der Waals surface area (Å²) in [6.45, 7) is 3.55. The molecule has 22 heavy (non-hydrogen) atoms. The Kier molecular flexibility index (Phi) is 4.98. The normalized spacial score (nSPS) is 11.2. The Labute approximate surface area is 131 Å². The van der Waals surface area contributed by atoms with E-state index in [0.29, 0.717) is 11.3 Å². The summed E-state index contributed by atoms with van der Waals surface area (Å²) < 4.78 is 27.1. The van der Waals surface area contributed by atoms with Crippen molar-refractivity contribution in [3.63, 3.8) is 0 Å². The van der Waals surface area contributed by atoms with Crippen LogP contribution in [0.2, 0.25) is 0 Å². The van der Waals surface area contributed by atoms with Gasteiger partial charge in [-0.15, -0.1) is 0 Å². The third-order valence-electron chi connectivity index (χ3n) is 3.32. The van der Waals surface area contributed by atoms with Gasteiger partial charge in [-0.25, -0.2) is 8.42 Å². The van der Waals surface area contributed by atoms with E-state index in [4.69, 9.17) is 0 Å². The lowest BCUT2D eigenvalue weighted by molar-refractivity contribution is 0.101. The highest BCUT2D eigenvalue weighted by Gasteiger charge is 2.14. The number of Topliss-reactive ketones (excluding diaryl/α,β-unsaturated/α-hetero) is 1. The molecule has 2 aromatic rings. The smallest absolute Gasteiger partial charge is 0.261 e. The number of rotatable bonds is 6. The van der Waals surface area contributed by atoms with Crippen LogP contribution in [0.25, 0.3) is 0 Å². The zero-order valence-electron chi connectivity index (χ0n) is 12.7. The van der Waals surface area contributed by atoms with Crippen molar-refractivity contribution in [2.24, 2.45) is 0 Å². The minimum Gasteiger partial charge on any atom is -0.295 e. The molecular formula is C17H19NO3S. The predicted molar refractivity (Wildman–Crippen MR) is 87.7 cm³/mol. The topological polar surface area (TPSA) is 63.2 Å². The summed E-state index contributed by atoms with van der Waals surface area (Å²) >= 11 is 0. The Hall–Kier alpha value is -2.14. The Morgan fingerprint density at radius 3 is 2.09 bits per heavy atom. The van der Waals surface area contributed by atoms with Crippen molar-refractivity contribution in [3.05, 3.63) is 59.7 Å². The third kappa shape index (κ3) is 3.95. The van der Waals surface area contributed by atoms with Crippen LogP contribution in [0.15, 0.2) is 53.4 Å². The fourth-order valence-electron chi connectivity index (χ4n) is 2.11. The second-order valence-corrected chi connectivity index (χ2v) is 6.82. The van der Waals surface area contributed by atoms with Crippen molar-refractivity contribution in [3.8, 4) is 0 Å². The molecule has 0 aromatic heterocycles. The largest absolute Gasteiger partial charge is 0.295 e. The molecule has 116 valence electrons. The van der Waals surface area contributed by atoms with Crippen molar-refractivity contribution >= 4 is 21.5 Å². The first kappa shape index (κ1) is 16.2. The molecule has 4 nitrogen and oxygen atoms in total. The molecule has 0 aliphatic rings. The van der Waals surface area contributed by atoms with Crippen molar-refractivity contribution in [1.82, 2.24) is 0 Å². The van der Waals surface area contributed by atoms with Crippen LogP contribution in [0.1, 0.15) is 36.2 Å². The van der Waals surface area contributed by atoms with Crippen LogP contribution in [-0.2, 0) is 16.4 Å². The average Bonchev–Trinajstić information content (AvgIpc) is 2.48. The van der Waals surface area contributed by atoms with E-state index < -0.39 is 10.0 Å². The lowest BCUT2D eigenvalue weighted by Gasteiger charge is -2.09. The molecule has 2 aromatic carbocycles. The number of ketones is 1. The van der Waals surface area contributed by atoms with Gasteiger partial charge in [0, 0.05) is 11.3 Å². The highest BCUT2D eigenvalue weighted by atomic mass is 32.2. The monoisotopic (exact) mass is 317 g/mol. The summed E-state index contributed by atoms with van der Waals surface area (Å²) in [6, 6.07) is 13.2. The van der Waals surface area contributed by atoms with E-state index in [2.05, 4.69) is 11.6 Å². The van der Waals surface area contributed by atoms with E-state index in [1.807, 2.05) is 12.1 Å². The number of nitrogens with one attached hydrogen (secondary N) is 1. The fraction of sp³-hybridized carbons (Fsp3) is 0.235. The molecule has 1 N–H and O–H groups in total. The maximum atomic E-state index is 12.3. The zero-order valence-corrected chi connectivity index (χ0v) is 13.5. The minimum absolute atomic E-state index is 0.0547. The molecule has 0 saturated carbocycles. The number of benzene rings is 2.